The van der Waals surface area contributed by atoms with Gasteiger partial charge < -0.3 is 74.4 Å². The average molecular weight is 993 g/mol. The molecular formula is C52H80O18. The fourth-order valence-corrected chi connectivity index (χ4v) is 14.9. The Morgan fingerprint density at radius 2 is 1.34 bits per heavy atom. The lowest BCUT2D eigenvalue weighted by Gasteiger charge is -2.72. The molecule has 9 N–H and O–H groups in total. The van der Waals surface area contributed by atoms with Gasteiger partial charge in [-0.2, -0.15) is 0 Å². The number of aliphatic carboxylic acids is 1. The maximum atomic E-state index is 13.7. The van der Waals surface area contributed by atoms with Crippen molar-refractivity contribution in [3.63, 3.8) is 0 Å². The molecule has 0 aromatic rings. The molecule has 0 radical (unpaired) electrons. The predicted molar refractivity (Wildman–Crippen MR) is 249 cm³/mol. The maximum Gasteiger partial charge on any atom is 0.335 e. The van der Waals surface area contributed by atoms with Crippen LogP contribution in [0.4, 0.5) is 0 Å². The first-order valence-electron chi connectivity index (χ1n) is 25.1. The zero-order valence-electron chi connectivity index (χ0n) is 42.6. The van der Waals surface area contributed by atoms with Crippen LogP contribution in [0.1, 0.15) is 121 Å². The first-order chi connectivity index (χ1) is 32.6. The van der Waals surface area contributed by atoms with E-state index in [1.165, 1.54) is 0 Å². The van der Waals surface area contributed by atoms with Gasteiger partial charge in [0.1, 0.15) is 48.8 Å². The van der Waals surface area contributed by atoms with Crippen molar-refractivity contribution in [2.75, 3.05) is 13.2 Å². The van der Waals surface area contributed by atoms with E-state index in [9.17, 15) is 60.3 Å². The minimum absolute atomic E-state index is 0.0166. The van der Waals surface area contributed by atoms with Gasteiger partial charge in [-0.1, -0.05) is 72.3 Å². The van der Waals surface area contributed by atoms with E-state index in [4.69, 9.17) is 28.4 Å². The molecule has 21 atom stereocenters. The van der Waals surface area contributed by atoms with Crippen LogP contribution < -0.4 is 0 Å². The van der Waals surface area contributed by atoms with Crippen LogP contribution in [-0.2, 0) is 42.8 Å². The number of allylic oxidation sites excluding steroid dienone is 4. The highest BCUT2D eigenvalue weighted by Gasteiger charge is 2.74. The summed E-state index contributed by atoms with van der Waals surface area (Å²) in [7, 11) is 0. The monoisotopic (exact) mass is 993 g/mol. The minimum atomic E-state index is -1.99. The van der Waals surface area contributed by atoms with E-state index in [1.54, 1.807) is 39.8 Å². The van der Waals surface area contributed by atoms with E-state index < -0.39 is 145 Å². The Hall–Kier alpha value is -2.85. The molecule has 0 unspecified atom stereocenters. The summed E-state index contributed by atoms with van der Waals surface area (Å²) in [5, 5.41) is 98.4. The molecule has 0 spiro atoms. The van der Waals surface area contributed by atoms with Crippen molar-refractivity contribution in [3.8, 4) is 0 Å². The second-order valence-corrected chi connectivity index (χ2v) is 23.7. The fourth-order valence-electron chi connectivity index (χ4n) is 14.9. The number of carboxylic acids is 1. The SMILES string of the molecule is C/C=C(/C)C(=O)O[C@@H]1[C@@H](OC(=O)/C(C)=C\C)[C@@]2(CO)[C@H](O)C[C@@]3(C)C(=CC[C@H]4[C@]5(C)CC[C@@H](O[C@@H]6O[C@H](C(=O)O)[C@H](O)[C@@H](O)[C@H]6O[C@H]6O[C@@H](CO)[C@H](O)[C@@H](O)[C@@H]6O)C(C)(C)[C@H]5CC[C@]43C)[C@H]2CC1(C)C. The number of aliphatic hydroxyl groups is 8. The van der Waals surface area contributed by atoms with Crippen LogP contribution in [0.2, 0.25) is 0 Å². The lowest BCUT2D eigenvalue weighted by molar-refractivity contribution is -0.374. The van der Waals surface area contributed by atoms with Gasteiger partial charge in [-0.25, -0.2) is 14.4 Å². The van der Waals surface area contributed by atoms with Gasteiger partial charge in [0.05, 0.1) is 30.8 Å². The van der Waals surface area contributed by atoms with Crippen LogP contribution in [0, 0.1) is 50.2 Å². The summed E-state index contributed by atoms with van der Waals surface area (Å²) >= 11 is 0. The molecule has 396 valence electrons. The molecule has 18 nitrogen and oxygen atoms in total. The molecule has 5 aliphatic carbocycles. The highest BCUT2D eigenvalue weighted by atomic mass is 16.8. The Bertz CT molecular complexity index is 2080. The lowest BCUT2D eigenvalue weighted by Crippen LogP contribution is -2.72. The molecule has 70 heavy (non-hydrogen) atoms. The van der Waals surface area contributed by atoms with Crippen molar-refractivity contribution in [2.24, 2.45) is 50.2 Å². The molecule has 2 aliphatic heterocycles. The van der Waals surface area contributed by atoms with E-state index in [1.807, 2.05) is 13.8 Å². The smallest absolute Gasteiger partial charge is 0.335 e. The van der Waals surface area contributed by atoms with Crippen LogP contribution in [-0.4, -0.2) is 163 Å². The molecule has 7 aliphatic rings. The summed E-state index contributed by atoms with van der Waals surface area (Å²) in [6.45, 7) is 20.5. The molecule has 0 aromatic heterocycles. The molecule has 0 bridgehead atoms. The summed E-state index contributed by atoms with van der Waals surface area (Å²) in [6, 6.07) is 0. The van der Waals surface area contributed by atoms with Crippen molar-refractivity contribution in [3.05, 3.63) is 34.9 Å². The second kappa shape index (κ2) is 19.4. The van der Waals surface area contributed by atoms with E-state index in [0.717, 1.165) is 18.4 Å². The standard InChI is InChI=1S/C52H80O18/c1-12-24(3)43(63)69-40-41(70-44(64)25(4)13-2)52(23-54)27(20-47(40,5)6)26-14-15-30-49(9)18-17-32(48(7,8)29(49)16-19-50(30,10)51(26,11)21-31(52)55)66-46-39(36(59)35(58)38(67-46)42(61)62)68-45-37(60)34(57)33(56)28(22-53)65-45/h12-14,27-41,45-46,53-60H,15-23H2,1-11H3,(H,61,62)/b24-12-,25-13-/t27-,28+,29-,30+,31-,32-,33+,34-,35-,36-,37+,38+,39-,40-,41-,45-,46-,49-,50-,51+,52-/m1/s1. The van der Waals surface area contributed by atoms with Crippen molar-refractivity contribution in [1.82, 2.24) is 0 Å². The number of ether oxygens (including phenoxy) is 6. The molecular weight excluding hydrogens is 913 g/mol. The fraction of sp³-hybridized carbons (Fsp3) is 0.827. The number of hydrogen-bond acceptors (Lipinski definition) is 17. The summed E-state index contributed by atoms with van der Waals surface area (Å²) in [4.78, 5) is 39.6. The Morgan fingerprint density at radius 3 is 1.91 bits per heavy atom. The summed E-state index contributed by atoms with van der Waals surface area (Å²) in [5.41, 5.74) is -2.27. The van der Waals surface area contributed by atoms with E-state index in [-0.39, 0.29) is 29.1 Å². The van der Waals surface area contributed by atoms with Crippen molar-refractivity contribution in [1.29, 1.82) is 0 Å². The van der Waals surface area contributed by atoms with Crippen LogP contribution in [0.25, 0.3) is 0 Å². The Balaban J connectivity index is 1.21. The van der Waals surface area contributed by atoms with Crippen molar-refractivity contribution in [2.45, 2.75) is 207 Å². The molecule has 6 fully saturated rings. The van der Waals surface area contributed by atoms with Crippen LogP contribution in [0.15, 0.2) is 34.9 Å². The Labute approximate surface area is 411 Å². The Kier molecular flexibility index (Phi) is 15.3. The van der Waals surface area contributed by atoms with Crippen molar-refractivity contribution >= 4 is 17.9 Å². The number of carbonyl (C=O) groups excluding carboxylic acids is 2. The highest BCUT2D eigenvalue weighted by molar-refractivity contribution is 5.89. The number of fused-ring (bicyclic) bond motifs is 7. The van der Waals surface area contributed by atoms with Gasteiger partial charge in [-0.3, -0.25) is 0 Å². The third-order valence-corrected chi connectivity index (χ3v) is 19.5. The number of carbonyl (C=O) groups is 3. The largest absolute Gasteiger partial charge is 0.479 e. The first-order valence-corrected chi connectivity index (χ1v) is 25.1. The number of rotatable bonds is 11. The quantitative estimate of drug-likeness (QED) is 0.0623. The number of hydrogen-bond donors (Lipinski definition) is 9. The lowest BCUT2D eigenvalue weighted by atomic mass is 9.33. The summed E-state index contributed by atoms with van der Waals surface area (Å²) < 4.78 is 36.7. The molecule has 4 saturated carbocycles. The molecule has 18 heteroatoms. The van der Waals surface area contributed by atoms with Gasteiger partial charge in [-0.05, 0) is 112 Å². The average Bonchev–Trinajstić information content (AvgIpc) is 3.29. The van der Waals surface area contributed by atoms with Crippen LogP contribution >= 0.6 is 0 Å². The third kappa shape index (κ3) is 8.45. The molecule has 2 saturated heterocycles. The highest BCUT2D eigenvalue weighted by Crippen LogP contribution is 2.76. The number of esters is 2. The second-order valence-electron chi connectivity index (χ2n) is 23.7. The number of aliphatic hydroxyl groups excluding tert-OH is 8. The van der Waals surface area contributed by atoms with Crippen molar-refractivity contribution < 1.29 is 88.8 Å². The Morgan fingerprint density at radius 1 is 0.729 bits per heavy atom. The van der Waals surface area contributed by atoms with Gasteiger partial charge in [0.2, 0.25) is 0 Å². The molecule has 0 amide bonds. The van der Waals surface area contributed by atoms with Crippen LogP contribution in [0.5, 0.6) is 0 Å². The summed E-state index contributed by atoms with van der Waals surface area (Å²) in [5.74, 6) is -3.10. The van der Waals surface area contributed by atoms with Gasteiger partial charge in [0.15, 0.2) is 24.8 Å². The van der Waals surface area contributed by atoms with Gasteiger partial charge in [-0.15, -0.1) is 0 Å². The predicted octanol–water partition coefficient (Wildman–Crippen LogP) is 2.83. The third-order valence-electron chi connectivity index (χ3n) is 19.5. The zero-order chi connectivity index (χ0) is 52.0. The molecule has 2 heterocycles. The minimum Gasteiger partial charge on any atom is -0.479 e. The van der Waals surface area contributed by atoms with E-state index in [2.05, 4.69) is 40.7 Å². The number of carboxylic acid groups (broad SMARTS) is 1. The van der Waals surface area contributed by atoms with Gasteiger partial charge >= 0.3 is 17.9 Å². The molecule has 0 aromatic carbocycles. The normalized spacial score (nSPS) is 47.9. The van der Waals surface area contributed by atoms with E-state index in [0.29, 0.717) is 36.8 Å². The van der Waals surface area contributed by atoms with Crippen LogP contribution in [0.3, 0.4) is 0 Å². The molecule has 7 rings (SSSR count). The zero-order valence-corrected chi connectivity index (χ0v) is 42.6. The van der Waals surface area contributed by atoms with Gasteiger partial charge in [0.25, 0.3) is 0 Å². The first kappa shape index (κ1) is 54.9. The summed E-state index contributed by atoms with van der Waals surface area (Å²) in [6.07, 6.45) is -12.1. The van der Waals surface area contributed by atoms with E-state index >= 15 is 0 Å². The topological polar surface area (TPSA) is 289 Å². The maximum absolute atomic E-state index is 13.7. The van der Waals surface area contributed by atoms with Gasteiger partial charge in [0, 0.05) is 16.6 Å².